The molecular weight excluding hydrogens is 459 g/mol. The standard InChI is InChI=1S/C20H19IN2O4/c1-3-26-17-11-14(10-16-19(24)23(2)20(25)22-16)9-15(21)18(17)27-12-13-7-5-4-6-8-13/h4-11H,3,12H2,1-2H3,(H,22,25)/b16-10+. The number of carbonyl (C=O) groups excluding carboxylic acids is 2. The molecule has 0 aromatic heterocycles. The van der Waals surface area contributed by atoms with Crippen LogP contribution in [0.3, 0.4) is 0 Å². The van der Waals surface area contributed by atoms with Gasteiger partial charge in [0.1, 0.15) is 12.3 Å². The molecule has 0 unspecified atom stereocenters. The SMILES string of the molecule is CCOc1cc(/C=C2/NC(=O)N(C)C2=O)cc(I)c1OCc1ccccc1. The highest BCUT2D eigenvalue weighted by Crippen LogP contribution is 2.35. The van der Waals surface area contributed by atoms with Gasteiger partial charge < -0.3 is 14.8 Å². The Morgan fingerprint density at radius 1 is 1.15 bits per heavy atom. The molecule has 6 nitrogen and oxygen atoms in total. The zero-order valence-corrected chi connectivity index (χ0v) is 17.1. The molecule has 0 aliphatic carbocycles. The molecule has 1 aliphatic rings. The number of nitrogens with zero attached hydrogens (tertiary/aromatic N) is 1. The number of nitrogens with one attached hydrogen (secondary N) is 1. The second-order valence-electron chi connectivity index (χ2n) is 5.89. The van der Waals surface area contributed by atoms with Crippen LogP contribution in [0, 0.1) is 3.57 Å². The van der Waals surface area contributed by atoms with Crippen LogP contribution in [-0.2, 0) is 11.4 Å². The van der Waals surface area contributed by atoms with E-state index in [1.807, 2.05) is 43.3 Å². The fourth-order valence-corrected chi connectivity index (χ4v) is 3.38. The summed E-state index contributed by atoms with van der Waals surface area (Å²) in [6.07, 6.45) is 1.63. The Bertz CT molecular complexity index is 896. The van der Waals surface area contributed by atoms with E-state index in [2.05, 4.69) is 27.9 Å². The lowest BCUT2D eigenvalue weighted by atomic mass is 10.1. The van der Waals surface area contributed by atoms with Crippen molar-refractivity contribution in [3.8, 4) is 11.5 Å². The average molecular weight is 478 g/mol. The Morgan fingerprint density at radius 3 is 2.52 bits per heavy atom. The molecule has 0 bridgehead atoms. The minimum Gasteiger partial charge on any atom is -0.490 e. The minimum absolute atomic E-state index is 0.235. The number of benzene rings is 2. The molecule has 7 heteroatoms. The molecule has 1 aliphatic heterocycles. The van der Waals surface area contributed by atoms with Gasteiger partial charge in [-0.15, -0.1) is 0 Å². The molecule has 0 radical (unpaired) electrons. The highest BCUT2D eigenvalue weighted by molar-refractivity contribution is 14.1. The number of ether oxygens (including phenoxy) is 2. The van der Waals surface area contributed by atoms with E-state index in [1.54, 1.807) is 12.1 Å². The van der Waals surface area contributed by atoms with Crippen LogP contribution in [0.15, 0.2) is 48.2 Å². The van der Waals surface area contributed by atoms with Gasteiger partial charge in [0.25, 0.3) is 5.91 Å². The van der Waals surface area contributed by atoms with Crippen molar-refractivity contribution >= 4 is 40.6 Å². The first-order chi connectivity index (χ1) is 13.0. The Labute approximate surface area is 171 Å². The van der Waals surface area contributed by atoms with Crippen molar-refractivity contribution < 1.29 is 19.1 Å². The Balaban J connectivity index is 1.88. The number of likely N-dealkylation sites (N-methyl/N-ethyl adjacent to an activating group) is 1. The van der Waals surface area contributed by atoms with Crippen LogP contribution < -0.4 is 14.8 Å². The van der Waals surface area contributed by atoms with Crippen LogP contribution in [-0.4, -0.2) is 30.5 Å². The van der Waals surface area contributed by atoms with E-state index < -0.39 is 6.03 Å². The van der Waals surface area contributed by atoms with Gasteiger partial charge in [0.2, 0.25) is 0 Å². The predicted molar refractivity (Wildman–Crippen MR) is 110 cm³/mol. The molecule has 0 spiro atoms. The zero-order chi connectivity index (χ0) is 19.4. The summed E-state index contributed by atoms with van der Waals surface area (Å²) in [6, 6.07) is 13.1. The third-order valence-electron chi connectivity index (χ3n) is 3.95. The van der Waals surface area contributed by atoms with E-state index in [9.17, 15) is 9.59 Å². The van der Waals surface area contributed by atoms with Gasteiger partial charge in [-0.25, -0.2) is 4.79 Å². The monoisotopic (exact) mass is 478 g/mol. The molecule has 140 valence electrons. The molecule has 3 amide bonds. The van der Waals surface area contributed by atoms with Crippen LogP contribution in [0.25, 0.3) is 6.08 Å². The van der Waals surface area contributed by atoms with Crippen LogP contribution >= 0.6 is 22.6 Å². The molecule has 3 rings (SSSR count). The molecule has 1 saturated heterocycles. The Kier molecular flexibility index (Phi) is 6.00. The summed E-state index contributed by atoms with van der Waals surface area (Å²) < 4.78 is 12.6. The van der Waals surface area contributed by atoms with E-state index in [-0.39, 0.29) is 11.6 Å². The minimum atomic E-state index is -0.436. The third kappa shape index (κ3) is 4.41. The number of hydrogen-bond acceptors (Lipinski definition) is 4. The van der Waals surface area contributed by atoms with Crippen molar-refractivity contribution in [1.29, 1.82) is 0 Å². The first-order valence-corrected chi connectivity index (χ1v) is 9.51. The number of amides is 3. The quantitative estimate of drug-likeness (QED) is 0.390. The second kappa shape index (κ2) is 8.43. The summed E-state index contributed by atoms with van der Waals surface area (Å²) in [4.78, 5) is 24.7. The summed E-state index contributed by atoms with van der Waals surface area (Å²) in [5.74, 6) is 0.886. The van der Waals surface area contributed by atoms with E-state index in [0.717, 1.165) is 19.6 Å². The van der Waals surface area contributed by atoms with Crippen LogP contribution in [0.5, 0.6) is 11.5 Å². The van der Waals surface area contributed by atoms with Crippen molar-refractivity contribution in [1.82, 2.24) is 10.2 Å². The number of halogens is 1. The predicted octanol–water partition coefficient (Wildman–Crippen LogP) is 3.79. The number of imide groups is 1. The first kappa shape index (κ1) is 19.2. The van der Waals surface area contributed by atoms with Crippen LogP contribution in [0.2, 0.25) is 0 Å². The molecular formula is C20H19IN2O4. The maximum absolute atomic E-state index is 12.1. The summed E-state index contributed by atoms with van der Waals surface area (Å²) in [5, 5.41) is 2.56. The lowest BCUT2D eigenvalue weighted by Crippen LogP contribution is -2.25. The lowest BCUT2D eigenvalue weighted by molar-refractivity contribution is -0.121. The van der Waals surface area contributed by atoms with Gasteiger partial charge in [-0.05, 0) is 58.9 Å². The van der Waals surface area contributed by atoms with Gasteiger partial charge >= 0.3 is 6.03 Å². The molecule has 2 aromatic rings. The van der Waals surface area contributed by atoms with Crippen molar-refractivity contribution in [2.45, 2.75) is 13.5 Å². The van der Waals surface area contributed by atoms with Crippen molar-refractivity contribution in [3.05, 3.63) is 62.9 Å². The summed E-state index contributed by atoms with van der Waals surface area (Å²) >= 11 is 2.18. The van der Waals surface area contributed by atoms with Crippen LogP contribution in [0.1, 0.15) is 18.1 Å². The van der Waals surface area contributed by atoms with Crippen LogP contribution in [0.4, 0.5) is 4.79 Å². The van der Waals surface area contributed by atoms with E-state index in [4.69, 9.17) is 9.47 Å². The number of carbonyl (C=O) groups is 2. The first-order valence-electron chi connectivity index (χ1n) is 8.43. The van der Waals surface area contributed by atoms with Gasteiger partial charge in [-0.1, -0.05) is 30.3 Å². The molecule has 2 aromatic carbocycles. The van der Waals surface area contributed by atoms with Crippen molar-refractivity contribution in [3.63, 3.8) is 0 Å². The van der Waals surface area contributed by atoms with Gasteiger partial charge in [0.05, 0.1) is 10.2 Å². The highest BCUT2D eigenvalue weighted by atomic mass is 127. The van der Waals surface area contributed by atoms with Gasteiger partial charge in [-0.3, -0.25) is 9.69 Å². The fourth-order valence-electron chi connectivity index (χ4n) is 2.59. The zero-order valence-electron chi connectivity index (χ0n) is 15.0. The van der Waals surface area contributed by atoms with E-state index in [0.29, 0.717) is 24.7 Å². The smallest absolute Gasteiger partial charge is 0.328 e. The Morgan fingerprint density at radius 2 is 1.89 bits per heavy atom. The van der Waals surface area contributed by atoms with Crippen molar-refractivity contribution in [2.24, 2.45) is 0 Å². The topological polar surface area (TPSA) is 67.9 Å². The second-order valence-corrected chi connectivity index (χ2v) is 7.05. The molecule has 0 atom stereocenters. The molecule has 27 heavy (non-hydrogen) atoms. The third-order valence-corrected chi connectivity index (χ3v) is 4.75. The largest absolute Gasteiger partial charge is 0.490 e. The molecule has 1 fully saturated rings. The maximum atomic E-state index is 12.1. The average Bonchev–Trinajstić information content (AvgIpc) is 2.89. The lowest BCUT2D eigenvalue weighted by Gasteiger charge is -2.15. The molecule has 1 N–H and O–H groups in total. The summed E-state index contributed by atoms with van der Waals surface area (Å²) in [5.41, 5.74) is 2.04. The van der Waals surface area contributed by atoms with Crippen molar-refractivity contribution in [2.75, 3.05) is 13.7 Å². The van der Waals surface area contributed by atoms with Gasteiger partial charge in [-0.2, -0.15) is 0 Å². The van der Waals surface area contributed by atoms with E-state index >= 15 is 0 Å². The number of hydrogen-bond donors (Lipinski definition) is 1. The normalized spacial score (nSPS) is 15.2. The van der Waals surface area contributed by atoms with Gasteiger partial charge in [0.15, 0.2) is 11.5 Å². The van der Waals surface area contributed by atoms with Gasteiger partial charge in [0, 0.05) is 7.05 Å². The maximum Gasteiger partial charge on any atom is 0.328 e. The number of rotatable bonds is 6. The highest BCUT2D eigenvalue weighted by Gasteiger charge is 2.30. The molecule has 1 heterocycles. The number of urea groups is 1. The Hall–Kier alpha value is -2.55. The van der Waals surface area contributed by atoms with E-state index in [1.165, 1.54) is 7.05 Å². The molecule has 0 saturated carbocycles. The summed E-state index contributed by atoms with van der Waals surface area (Å²) in [7, 11) is 1.44. The fraction of sp³-hybridized carbons (Fsp3) is 0.200. The summed E-state index contributed by atoms with van der Waals surface area (Å²) in [6.45, 7) is 2.81.